The Bertz CT molecular complexity index is 1310. The Labute approximate surface area is 194 Å². The zero-order chi connectivity index (χ0) is 21.8. The monoisotopic (exact) mass is 538 g/mol. The Balaban J connectivity index is 1.48. The summed E-state index contributed by atoms with van der Waals surface area (Å²) in [7, 11) is 0. The van der Waals surface area contributed by atoms with Crippen molar-refractivity contribution in [3.05, 3.63) is 63.5 Å². The fourth-order valence-electron chi connectivity index (χ4n) is 3.37. The molecule has 3 aromatic rings. The summed E-state index contributed by atoms with van der Waals surface area (Å²) in [5.74, 6) is 2.61. The molecule has 9 nitrogen and oxygen atoms in total. The van der Waals surface area contributed by atoms with Crippen LogP contribution in [0.5, 0.6) is 0 Å². The van der Waals surface area contributed by atoms with Gasteiger partial charge in [-0.1, -0.05) is 32.9 Å². The van der Waals surface area contributed by atoms with Crippen LogP contribution in [-0.4, -0.2) is 56.1 Å². The van der Waals surface area contributed by atoms with E-state index in [1.54, 1.807) is 22.9 Å². The second-order valence-corrected chi connectivity index (χ2v) is 9.18. The van der Waals surface area contributed by atoms with Crippen LogP contribution in [0.2, 0.25) is 0 Å². The summed E-state index contributed by atoms with van der Waals surface area (Å²) in [4.78, 5) is 11.5. The molecule has 0 amide bonds. The number of allylic oxidation sites excluding steroid dienone is 3. The lowest BCUT2D eigenvalue weighted by Crippen LogP contribution is -2.37. The van der Waals surface area contributed by atoms with Crippen molar-refractivity contribution in [1.29, 1.82) is 5.26 Å². The van der Waals surface area contributed by atoms with Crippen LogP contribution in [0.25, 0.3) is 11.4 Å². The highest BCUT2D eigenvalue weighted by Crippen LogP contribution is 2.24. The first kappa shape index (κ1) is 20.5. The van der Waals surface area contributed by atoms with Crippen molar-refractivity contribution >= 4 is 53.9 Å². The Morgan fingerprint density at radius 1 is 1.22 bits per heavy atom. The summed E-state index contributed by atoms with van der Waals surface area (Å²) in [6.45, 7) is 2.85. The van der Waals surface area contributed by atoms with Gasteiger partial charge in [-0.2, -0.15) is 24.8 Å². The third-order valence-electron chi connectivity index (χ3n) is 4.93. The van der Waals surface area contributed by atoms with Gasteiger partial charge in [-0.3, -0.25) is 5.43 Å². The third kappa shape index (κ3) is 4.44. The van der Waals surface area contributed by atoms with Crippen LogP contribution in [0.15, 0.2) is 51.7 Å². The number of nitriles is 1. The maximum atomic E-state index is 9.06. The molecule has 1 fully saturated rings. The number of nitrogens with one attached hydrogen (secondary N) is 1. The van der Waals surface area contributed by atoms with Gasteiger partial charge in [-0.15, -0.1) is 5.10 Å². The lowest BCUT2D eigenvalue weighted by molar-refractivity contribution is 0.122. The van der Waals surface area contributed by atoms with Gasteiger partial charge in [0.25, 0.3) is 5.78 Å². The first-order valence-corrected chi connectivity index (χ1v) is 12.5. The number of anilines is 2. The third-order valence-corrected chi connectivity index (χ3v) is 6.48. The smallest absolute Gasteiger partial charge is 0.256 e. The quantitative estimate of drug-likeness (QED) is 0.303. The molecule has 0 spiro atoms. The van der Waals surface area contributed by atoms with E-state index in [-0.39, 0.29) is 20.7 Å². The minimum absolute atomic E-state index is 0.00733. The molecule has 2 aromatic heterocycles. The number of rotatable bonds is 5. The lowest BCUT2D eigenvalue weighted by atomic mass is 10.1. The van der Waals surface area contributed by atoms with E-state index in [1.807, 2.05) is 18.2 Å². The zero-order valence-electron chi connectivity index (χ0n) is 17.0. The lowest BCUT2D eigenvalue weighted by Gasteiger charge is -2.28. The Hall–Kier alpha value is -3.43. The van der Waals surface area contributed by atoms with Gasteiger partial charge in [0, 0.05) is 24.7 Å². The number of morpholine rings is 1. The highest BCUT2D eigenvalue weighted by molar-refractivity contribution is 14.2. The van der Waals surface area contributed by atoms with E-state index in [2.05, 4.69) is 51.7 Å². The van der Waals surface area contributed by atoms with E-state index in [1.165, 1.54) is 0 Å². The van der Waals surface area contributed by atoms with E-state index in [4.69, 9.17) is 15.1 Å². The normalized spacial score (nSPS) is 16.1. The summed E-state index contributed by atoms with van der Waals surface area (Å²) < 4.78 is 11.7. The first-order chi connectivity index (χ1) is 15.8. The van der Waals surface area contributed by atoms with E-state index < -0.39 is 0 Å². The topological polar surface area (TPSA) is 104 Å². The fourth-order valence-corrected chi connectivity index (χ4v) is 4.80. The SMILES string of the molecule is N#Cc1cccc(/C=N/Nc2cc(N3CCOCC3)n3nc(C4=CC=IC=C4)nc3n2)c1. The van der Waals surface area contributed by atoms with Gasteiger partial charge in [0.15, 0.2) is 11.6 Å². The van der Waals surface area contributed by atoms with Crippen molar-refractivity contribution in [3.63, 3.8) is 0 Å². The average Bonchev–Trinajstić information content (AvgIpc) is 3.29. The van der Waals surface area contributed by atoms with Crippen LogP contribution < -0.4 is 10.3 Å². The van der Waals surface area contributed by atoms with E-state index in [0.717, 1.165) is 30.0 Å². The van der Waals surface area contributed by atoms with Gasteiger partial charge in [-0.25, -0.2) is 0 Å². The summed E-state index contributed by atoms with van der Waals surface area (Å²) in [6.07, 6.45) is 5.82. The van der Waals surface area contributed by atoms with Crippen molar-refractivity contribution in [2.24, 2.45) is 5.10 Å². The van der Waals surface area contributed by atoms with Gasteiger partial charge in [0.1, 0.15) is 5.82 Å². The number of hydrazone groups is 1. The Kier molecular flexibility index (Phi) is 6.00. The summed E-state index contributed by atoms with van der Waals surface area (Å²) in [5, 5.41) is 18.1. The standard InChI is InChI=1S/C22H19IN8O/c24-14-16-2-1-3-17(12-16)15-25-28-19-13-20(30-8-10-32-11-9-30)31-22(26-19)27-21(29-31)18-4-6-23-7-5-18/h1-7,12-13,15H,8-11H2,(H,26,27,28,29)/b25-15+. The molecule has 0 unspecified atom stereocenters. The number of aromatic nitrogens is 4. The summed E-state index contributed by atoms with van der Waals surface area (Å²) >= 11 is -0.00733. The number of fused-ring (bicyclic) bond motifs is 1. The Morgan fingerprint density at radius 2 is 2.12 bits per heavy atom. The van der Waals surface area contributed by atoms with Gasteiger partial charge < -0.3 is 9.64 Å². The van der Waals surface area contributed by atoms with Crippen molar-refractivity contribution in [2.75, 3.05) is 36.6 Å². The van der Waals surface area contributed by atoms with Crippen LogP contribution >= 0.6 is 20.7 Å². The molecule has 1 saturated heterocycles. The van der Waals surface area contributed by atoms with Crippen molar-refractivity contribution in [2.45, 2.75) is 0 Å². The predicted octanol–water partition coefficient (Wildman–Crippen LogP) is 2.96. The molecule has 0 radical (unpaired) electrons. The summed E-state index contributed by atoms with van der Waals surface area (Å²) in [6, 6.07) is 11.3. The number of hydrogen-bond acceptors (Lipinski definition) is 8. The van der Waals surface area contributed by atoms with E-state index in [9.17, 15) is 0 Å². The number of hydrogen-bond donors (Lipinski definition) is 1. The second kappa shape index (κ2) is 9.37. The van der Waals surface area contributed by atoms with Crippen LogP contribution in [0.1, 0.15) is 17.0 Å². The van der Waals surface area contributed by atoms with Crippen LogP contribution in [0, 0.1) is 11.3 Å². The largest absolute Gasteiger partial charge is 0.378 e. The molecule has 5 rings (SSSR count). The van der Waals surface area contributed by atoms with E-state index >= 15 is 0 Å². The molecule has 4 heterocycles. The van der Waals surface area contributed by atoms with Gasteiger partial charge >= 0.3 is 0 Å². The molecule has 1 aromatic carbocycles. The maximum Gasteiger partial charge on any atom is 0.256 e. The fraction of sp³-hybridized carbons (Fsp3) is 0.182. The van der Waals surface area contributed by atoms with Crippen molar-refractivity contribution in [1.82, 2.24) is 19.6 Å². The molecule has 0 saturated carbocycles. The molecule has 0 atom stereocenters. The van der Waals surface area contributed by atoms with Gasteiger partial charge in [-0.05, 0) is 37.9 Å². The molecule has 0 aliphatic carbocycles. The van der Waals surface area contributed by atoms with E-state index in [0.29, 0.717) is 36.2 Å². The molecule has 2 aliphatic heterocycles. The first-order valence-electron chi connectivity index (χ1n) is 10.0. The molecule has 10 heteroatoms. The van der Waals surface area contributed by atoms with Crippen LogP contribution in [0.4, 0.5) is 11.6 Å². The minimum atomic E-state index is -0.00733. The number of nitrogens with zero attached hydrogens (tertiary/aromatic N) is 7. The minimum Gasteiger partial charge on any atom is -0.378 e. The van der Waals surface area contributed by atoms with Crippen LogP contribution in [-0.2, 0) is 4.74 Å². The van der Waals surface area contributed by atoms with Crippen molar-refractivity contribution in [3.8, 4) is 6.07 Å². The van der Waals surface area contributed by atoms with Crippen molar-refractivity contribution < 1.29 is 4.74 Å². The molecular weight excluding hydrogens is 519 g/mol. The zero-order valence-corrected chi connectivity index (χ0v) is 19.2. The highest BCUT2D eigenvalue weighted by atomic mass is 127. The highest BCUT2D eigenvalue weighted by Gasteiger charge is 2.19. The summed E-state index contributed by atoms with van der Waals surface area (Å²) in [5.41, 5.74) is 5.39. The number of ether oxygens (including phenoxy) is 1. The number of benzene rings is 1. The molecule has 2 aliphatic rings. The number of halogens is 1. The average molecular weight is 538 g/mol. The maximum absolute atomic E-state index is 9.06. The predicted molar refractivity (Wildman–Crippen MR) is 133 cm³/mol. The van der Waals surface area contributed by atoms with Crippen LogP contribution in [0.3, 0.4) is 0 Å². The molecular formula is C22H19IN8O. The van der Waals surface area contributed by atoms with Gasteiger partial charge in [0.05, 0.1) is 31.1 Å². The second-order valence-electron chi connectivity index (χ2n) is 7.02. The molecule has 0 bridgehead atoms. The molecule has 1 N–H and O–H groups in total. The Morgan fingerprint density at radius 3 is 2.94 bits per heavy atom. The molecule has 32 heavy (non-hydrogen) atoms. The van der Waals surface area contributed by atoms with Gasteiger partial charge in [0.2, 0.25) is 0 Å². The molecule has 160 valence electrons.